The minimum atomic E-state index is -0.646. The standard InChI is InChI=1S/C15H25NOS/c1-11-6-12(2)8-14(7-11)13(3)16-9-15(4,17)10-18-5/h6-8,13,16-17H,9-10H2,1-5H3. The molecule has 0 saturated carbocycles. The first-order valence-corrected chi connectivity index (χ1v) is 7.76. The molecule has 2 unspecified atom stereocenters. The maximum atomic E-state index is 10.1. The Morgan fingerprint density at radius 1 is 1.28 bits per heavy atom. The normalized spacial score (nSPS) is 16.3. The minimum absolute atomic E-state index is 0.261. The highest BCUT2D eigenvalue weighted by Gasteiger charge is 2.20. The summed E-state index contributed by atoms with van der Waals surface area (Å²) in [5.41, 5.74) is 3.21. The number of hydrogen-bond donors (Lipinski definition) is 2. The summed E-state index contributed by atoms with van der Waals surface area (Å²) in [5, 5.41) is 13.6. The van der Waals surface area contributed by atoms with Crippen LogP contribution >= 0.6 is 11.8 Å². The predicted octanol–water partition coefficient (Wildman–Crippen LogP) is 3.07. The molecule has 1 aromatic carbocycles. The highest BCUT2D eigenvalue weighted by molar-refractivity contribution is 7.98. The molecule has 18 heavy (non-hydrogen) atoms. The molecule has 0 aliphatic rings. The molecule has 0 aliphatic heterocycles. The molecule has 102 valence electrons. The van der Waals surface area contributed by atoms with Crippen LogP contribution in [0.25, 0.3) is 0 Å². The average molecular weight is 267 g/mol. The lowest BCUT2D eigenvalue weighted by Gasteiger charge is -2.25. The van der Waals surface area contributed by atoms with Crippen molar-refractivity contribution in [2.75, 3.05) is 18.6 Å². The van der Waals surface area contributed by atoms with E-state index in [1.54, 1.807) is 11.8 Å². The van der Waals surface area contributed by atoms with E-state index in [-0.39, 0.29) is 6.04 Å². The molecule has 0 radical (unpaired) electrons. The van der Waals surface area contributed by atoms with Crippen molar-refractivity contribution in [3.63, 3.8) is 0 Å². The van der Waals surface area contributed by atoms with Gasteiger partial charge in [0.05, 0.1) is 5.60 Å². The molecule has 0 aliphatic carbocycles. The van der Waals surface area contributed by atoms with Gasteiger partial charge in [-0.05, 0) is 39.5 Å². The summed E-state index contributed by atoms with van der Waals surface area (Å²) in [6, 6.07) is 6.85. The van der Waals surface area contributed by atoms with Crippen molar-refractivity contribution in [3.05, 3.63) is 34.9 Å². The van der Waals surface area contributed by atoms with Crippen LogP contribution in [-0.2, 0) is 0 Å². The van der Waals surface area contributed by atoms with Crippen molar-refractivity contribution >= 4 is 11.8 Å². The van der Waals surface area contributed by atoms with Crippen LogP contribution < -0.4 is 5.32 Å². The van der Waals surface area contributed by atoms with E-state index in [2.05, 4.69) is 44.3 Å². The molecule has 1 rings (SSSR count). The molecule has 3 heteroatoms. The van der Waals surface area contributed by atoms with Crippen LogP contribution in [0.3, 0.4) is 0 Å². The van der Waals surface area contributed by atoms with Gasteiger partial charge in [-0.15, -0.1) is 0 Å². The maximum absolute atomic E-state index is 10.1. The first-order valence-electron chi connectivity index (χ1n) is 6.37. The van der Waals surface area contributed by atoms with Crippen LogP contribution in [0, 0.1) is 13.8 Å². The first kappa shape index (κ1) is 15.5. The summed E-state index contributed by atoms with van der Waals surface area (Å²) in [6.45, 7) is 8.87. The first-order chi connectivity index (χ1) is 8.34. The van der Waals surface area contributed by atoms with Crippen LogP contribution in [0.5, 0.6) is 0 Å². The lowest BCUT2D eigenvalue weighted by atomic mass is 10.0. The molecule has 0 bridgehead atoms. The number of rotatable bonds is 6. The topological polar surface area (TPSA) is 32.3 Å². The summed E-state index contributed by atoms with van der Waals surface area (Å²) in [5.74, 6) is 0.750. The van der Waals surface area contributed by atoms with Crippen molar-refractivity contribution < 1.29 is 5.11 Å². The molecule has 0 fully saturated rings. The zero-order chi connectivity index (χ0) is 13.8. The Kier molecular flexibility index (Phi) is 5.70. The molecule has 0 heterocycles. The van der Waals surface area contributed by atoms with Crippen molar-refractivity contribution in [1.82, 2.24) is 5.32 Å². The third kappa shape index (κ3) is 5.01. The van der Waals surface area contributed by atoms with Gasteiger partial charge in [-0.2, -0.15) is 11.8 Å². The largest absolute Gasteiger partial charge is 0.388 e. The number of aliphatic hydroxyl groups is 1. The Hall–Kier alpha value is -0.510. The van der Waals surface area contributed by atoms with Crippen molar-refractivity contribution in [1.29, 1.82) is 0 Å². The molecule has 2 atom stereocenters. The fourth-order valence-electron chi connectivity index (χ4n) is 2.11. The molecule has 2 nitrogen and oxygen atoms in total. The molecule has 0 amide bonds. The van der Waals surface area contributed by atoms with E-state index in [0.717, 1.165) is 5.75 Å². The van der Waals surface area contributed by atoms with E-state index < -0.39 is 5.60 Å². The molecule has 0 saturated heterocycles. The van der Waals surface area contributed by atoms with E-state index in [0.29, 0.717) is 6.54 Å². The number of thioether (sulfide) groups is 1. The van der Waals surface area contributed by atoms with Gasteiger partial charge in [-0.3, -0.25) is 0 Å². The Morgan fingerprint density at radius 3 is 2.33 bits per heavy atom. The van der Waals surface area contributed by atoms with Gasteiger partial charge in [0.2, 0.25) is 0 Å². The Labute approximate surface area is 115 Å². The van der Waals surface area contributed by atoms with Gasteiger partial charge < -0.3 is 10.4 Å². The van der Waals surface area contributed by atoms with Crippen molar-refractivity contribution in [3.8, 4) is 0 Å². The zero-order valence-corrected chi connectivity index (χ0v) is 12.9. The Bertz CT molecular complexity index is 370. The predicted molar refractivity (Wildman–Crippen MR) is 81.3 cm³/mol. The maximum Gasteiger partial charge on any atom is 0.0833 e. The molecule has 2 N–H and O–H groups in total. The summed E-state index contributed by atoms with van der Waals surface area (Å²) < 4.78 is 0. The third-order valence-corrected chi connectivity index (χ3v) is 3.90. The summed E-state index contributed by atoms with van der Waals surface area (Å²) >= 11 is 1.67. The molecular formula is C15H25NOS. The monoisotopic (exact) mass is 267 g/mol. The fourth-order valence-corrected chi connectivity index (χ4v) is 2.84. The van der Waals surface area contributed by atoms with E-state index in [1.807, 2.05) is 13.2 Å². The summed E-state index contributed by atoms with van der Waals surface area (Å²) in [6.07, 6.45) is 2.02. The van der Waals surface area contributed by atoms with Crippen molar-refractivity contribution in [2.45, 2.75) is 39.3 Å². The van der Waals surface area contributed by atoms with Gasteiger partial charge >= 0.3 is 0 Å². The van der Waals surface area contributed by atoms with E-state index >= 15 is 0 Å². The average Bonchev–Trinajstić information content (AvgIpc) is 2.24. The number of nitrogens with one attached hydrogen (secondary N) is 1. The Balaban J connectivity index is 2.62. The zero-order valence-electron chi connectivity index (χ0n) is 12.1. The van der Waals surface area contributed by atoms with Gasteiger partial charge in [0.15, 0.2) is 0 Å². The van der Waals surface area contributed by atoms with Gasteiger partial charge in [0.1, 0.15) is 0 Å². The minimum Gasteiger partial charge on any atom is -0.388 e. The lowest BCUT2D eigenvalue weighted by molar-refractivity contribution is 0.0821. The fraction of sp³-hybridized carbons (Fsp3) is 0.600. The van der Waals surface area contributed by atoms with Crippen LogP contribution in [-0.4, -0.2) is 29.3 Å². The number of hydrogen-bond acceptors (Lipinski definition) is 3. The van der Waals surface area contributed by atoms with Gasteiger partial charge in [0, 0.05) is 18.3 Å². The molecule has 1 aromatic rings. The lowest BCUT2D eigenvalue weighted by Crippen LogP contribution is -2.40. The molecule has 0 aromatic heterocycles. The van der Waals surface area contributed by atoms with Crippen LogP contribution in [0.15, 0.2) is 18.2 Å². The van der Waals surface area contributed by atoms with Gasteiger partial charge in [-0.25, -0.2) is 0 Å². The third-order valence-electron chi connectivity index (χ3n) is 2.99. The summed E-state index contributed by atoms with van der Waals surface area (Å²) in [4.78, 5) is 0. The quantitative estimate of drug-likeness (QED) is 0.831. The molecule has 0 spiro atoms. The van der Waals surface area contributed by atoms with Crippen molar-refractivity contribution in [2.24, 2.45) is 0 Å². The van der Waals surface area contributed by atoms with Crippen LogP contribution in [0.2, 0.25) is 0 Å². The highest BCUT2D eigenvalue weighted by Crippen LogP contribution is 2.18. The van der Waals surface area contributed by atoms with Crippen LogP contribution in [0.1, 0.15) is 36.6 Å². The van der Waals surface area contributed by atoms with Crippen LogP contribution in [0.4, 0.5) is 0 Å². The molecular weight excluding hydrogens is 242 g/mol. The van der Waals surface area contributed by atoms with E-state index in [9.17, 15) is 5.11 Å². The van der Waals surface area contributed by atoms with Gasteiger partial charge in [0.25, 0.3) is 0 Å². The van der Waals surface area contributed by atoms with E-state index in [4.69, 9.17) is 0 Å². The van der Waals surface area contributed by atoms with Gasteiger partial charge in [-0.1, -0.05) is 29.3 Å². The summed E-state index contributed by atoms with van der Waals surface area (Å²) in [7, 11) is 0. The van der Waals surface area contributed by atoms with E-state index in [1.165, 1.54) is 16.7 Å². The highest BCUT2D eigenvalue weighted by atomic mass is 32.2. The Morgan fingerprint density at radius 2 is 1.83 bits per heavy atom. The smallest absolute Gasteiger partial charge is 0.0833 e. The second kappa shape index (κ2) is 6.60. The number of aryl methyl sites for hydroxylation is 2. The second-order valence-electron chi connectivity index (χ2n) is 5.45. The second-order valence-corrected chi connectivity index (χ2v) is 6.32. The SMILES string of the molecule is CSCC(C)(O)CNC(C)c1cc(C)cc(C)c1. The number of benzene rings is 1.